The number of hydrogen-bond donors (Lipinski definition) is 1. The average Bonchev–Trinajstić information content (AvgIpc) is 3.44. The van der Waals surface area contributed by atoms with Crippen LogP contribution in [0.5, 0.6) is 5.75 Å². The highest BCUT2D eigenvalue weighted by atomic mass is 16.5. The van der Waals surface area contributed by atoms with Crippen LogP contribution in [0.4, 0.5) is 11.5 Å². The lowest BCUT2D eigenvalue weighted by atomic mass is 10.3. The first-order valence-corrected chi connectivity index (χ1v) is 10.8. The van der Waals surface area contributed by atoms with Crippen LogP contribution in [0.25, 0.3) is 16.7 Å². The Morgan fingerprint density at radius 2 is 1.84 bits per heavy atom. The van der Waals surface area contributed by atoms with Gasteiger partial charge in [-0.3, -0.25) is 4.79 Å². The van der Waals surface area contributed by atoms with Crippen LogP contribution in [-0.4, -0.2) is 44.8 Å². The smallest absolute Gasteiger partial charge is 0.351 e. The largest absolute Gasteiger partial charge is 0.492 e. The summed E-state index contributed by atoms with van der Waals surface area (Å²) < 4.78 is 8.31. The van der Waals surface area contributed by atoms with Gasteiger partial charge >= 0.3 is 5.69 Å². The number of carbonyl (C=O) groups excluding carboxylic acids is 1. The number of nitrogens with zero attached hydrogens (tertiary/aromatic N) is 5. The van der Waals surface area contributed by atoms with Crippen molar-refractivity contribution in [2.75, 3.05) is 29.9 Å². The summed E-state index contributed by atoms with van der Waals surface area (Å²) in [6.07, 6.45) is 2.15. The quantitative estimate of drug-likeness (QED) is 0.504. The number of anilines is 2. The van der Waals surface area contributed by atoms with Crippen LogP contribution in [0.2, 0.25) is 0 Å². The molecule has 1 aliphatic heterocycles. The summed E-state index contributed by atoms with van der Waals surface area (Å²) in [5.74, 6) is 0.902. The molecular formula is C23H24N6O3. The molecule has 0 aliphatic carbocycles. The van der Waals surface area contributed by atoms with Crippen LogP contribution >= 0.6 is 0 Å². The van der Waals surface area contributed by atoms with Gasteiger partial charge in [-0.05, 0) is 44.0 Å². The Labute approximate surface area is 184 Å². The molecule has 1 N–H and O–H groups in total. The lowest BCUT2D eigenvalue weighted by molar-refractivity contribution is -0.117. The molecule has 2 aromatic carbocycles. The van der Waals surface area contributed by atoms with Gasteiger partial charge in [0.15, 0.2) is 5.82 Å². The number of aromatic nitrogens is 4. The number of benzene rings is 2. The minimum Gasteiger partial charge on any atom is -0.492 e. The lowest BCUT2D eigenvalue weighted by Gasteiger charge is -2.17. The number of carbonyl (C=O) groups is 1. The van der Waals surface area contributed by atoms with E-state index >= 15 is 0 Å². The van der Waals surface area contributed by atoms with E-state index in [0.29, 0.717) is 35.0 Å². The Hall–Kier alpha value is -3.88. The summed E-state index contributed by atoms with van der Waals surface area (Å²) in [5, 5.41) is 7.34. The monoisotopic (exact) mass is 432 g/mol. The highest BCUT2D eigenvalue weighted by Crippen LogP contribution is 2.26. The molecule has 9 nitrogen and oxygen atoms in total. The third-order valence-electron chi connectivity index (χ3n) is 5.55. The molecule has 0 radical (unpaired) electrons. The summed E-state index contributed by atoms with van der Waals surface area (Å²) >= 11 is 0. The maximum Gasteiger partial charge on any atom is 0.351 e. The van der Waals surface area contributed by atoms with Crippen molar-refractivity contribution in [1.29, 1.82) is 0 Å². The SMILES string of the molecule is CCOc1ccccc1NC(=O)Cn1nc2c(N3CCCC3)nc3ccccc3n2c1=O. The molecule has 1 aliphatic rings. The molecule has 1 amide bonds. The van der Waals surface area contributed by atoms with Crippen molar-refractivity contribution >= 4 is 34.1 Å². The van der Waals surface area contributed by atoms with Crippen LogP contribution in [-0.2, 0) is 11.3 Å². The van der Waals surface area contributed by atoms with E-state index in [1.165, 1.54) is 4.68 Å². The fraction of sp³-hybridized carbons (Fsp3) is 0.304. The van der Waals surface area contributed by atoms with E-state index in [0.717, 1.165) is 31.4 Å². The summed E-state index contributed by atoms with van der Waals surface area (Å²) in [6, 6.07) is 14.7. The van der Waals surface area contributed by atoms with Gasteiger partial charge in [0.1, 0.15) is 12.3 Å². The van der Waals surface area contributed by atoms with E-state index in [9.17, 15) is 9.59 Å². The van der Waals surface area contributed by atoms with Gasteiger partial charge in [0.2, 0.25) is 11.6 Å². The molecular weight excluding hydrogens is 408 g/mol. The van der Waals surface area contributed by atoms with Gasteiger partial charge in [0, 0.05) is 13.1 Å². The van der Waals surface area contributed by atoms with E-state index < -0.39 is 0 Å². The summed E-state index contributed by atoms with van der Waals surface area (Å²) in [4.78, 5) is 33.0. The van der Waals surface area contributed by atoms with Crippen LogP contribution in [0.15, 0.2) is 53.3 Å². The van der Waals surface area contributed by atoms with Gasteiger partial charge < -0.3 is 15.0 Å². The highest BCUT2D eigenvalue weighted by Gasteiger charge is 2.23. The second-order valence-corrected chi connectivity index (χ2v) is 7.69. The second-order valence-electron chi connectivity index (χ2n) is 7.69. The molecule has 4 aromatic rings. The van der Waals surface area contributed by atoms with E-state index in [4.69, 9.17) is 9.72 Å². The first kappa shape index (κ1) is 20.0. The van der Waals surface area contributed by atoms with E-state index in [1.807, 2.05) is 43.3 Å². The standard InChI is InChI=1S/C23H24N6O3/c1-2-32-19-12-6-4-10-17(19)24-20(30)15-28-23(31)29-18-11-5-3-9-16(18)25-21(22(29)26-28)27-13-7-8-14-27/h3-6,9-12H,2,7-8,13-15H2,1H3,(H,24,30). The second kappa shape index (κ2) is 8.33. The molecule has 1 fully saturated rings. The Balaban J connectivity index is 1.53. The lowest BCUT2D eigenvalue weighted by Crippen LogP contribution is -2.28. The van der Waals surface area contributed by atoms with Crippen LogP contribution < -0.4 is 20.6 Å². The third kappa shape index (κ3) is 3.55. The zero-order valence-electron chi connectivity index (χ0n) is 17.8. The summed E-state index contributed by atoms with van der Waals surface area (Å²) in [5.41, 5.74) is 2.05. The predicted octanol–water partition coefficient (Wildman–Crippen LogP) is 2.68. The van der Waals surface area contributed by atoms with Crippen LogP contribution in [0.1, 0.15) is 19.8 Å². The molecule has 3 heterocycles. The van der Waals surface area contributed by atoms with Gasteiger partial charge in [-0.25, -0.2) is 18.9 Å². The number of fused-ring (bicyclic) bond motifs is 3. The highest BCUT2D eigenvalue weighted by molar-refractivity contribution is 5.92. The van der Waals surface area contributed by atoms with E-state index in [-0.39, 0.29) is 18.1 Å². The predicted molar refractivity (Wildman–Crippen MR) is 122 cm³/mol. The number of para-hydroxylation sites is 4. The molecule has 2 aromatic heterocycles. The van der Waals surface area contributed by atoms with Crippen molar-refractivity contribution in [1.82, 2.24) is 19.2 Å². The van der Waals surface area contributed by atoms with Crippen molar-refractivity contribution in [2.45, 2.75) is 26.3 Å². The summed E-state index contributed by atoms with van der Waals surface area (Å²) in [7, 11) is 0. The molecule has 32 heavy (non-hydrogen) atoms. The van der Waals surface area contributed by atoms with Crippen molar-refractivity contribution in [3.63, 3.8) is 0 Å². The van der Waals surface area contributed by atoms with Crippen molar-refractivity contribution < 1.29 is 9.53 Å². The fourth-order valence-corrected chi connectivity index (χ4v) is 4.10. The minimum absolute atomic E-state index is 0.214. The van der Waals surface area contributed by atoms with Crippen LogP contribution in [0.3, 0.4) is 0 Å². The normalized spacial score (nSPS) is 13.7. The molecule has 0 bridgehead atoms. The van der Waals surface area contributed by atoms with Crippen molar-refractivity contribution in [3.8, 4) is 5.75 Å². The number of nitrogens with one attached hydrogen (secondary N) is 1. The van der Waals surface area contributed by atoms with Gasteiger partial charge in [0.05, 0.1) is 23.3 Å². The zero-order chi connectivity index (χ0) is 22.1. The third-order valence-corrected chi connectivity index (χ3v) is 5.55. The molecule has 9 heteroatoms. The first-order valence-electron chi connectivity index (χ1n) is 10.8. The molecule has 164 valence electrons. The Kier molecular flexibility index (Phi) is 5.22. The van der Waals surface area contributed by atoms with Gasteiger partial charge in [-0.15, -0.1) is 5.10 Å². The molecule has 0 saturated carbocycles. The topological polar surface area (TPSA) is 93.8 Å². The average molecular weight is 432 g/mol. The molecule has 0 atom stereocenters. The Morgan fingerprint density at radius 1 is 1.09 bits per heavy atom. The fourth-order valence-electron chi connectivity index (χ4n) is 4.10. The molecule has 0 spiro atoms. The number of ether oxygens (including phenoxy) is 1. The van der Waals surface area contributed by atoms with E-state index in [1.54, 1.807) is 16.5 Å². The van der Waals surface area contributed by atoms with Crippen molar-refractivity contribution in [2.24, 2.45) is 0 Å². The molecule has 5 rings (SSSR count). The number of rotatable bonds is 6. The van der Waals surface area contributed by atoms with Gasteiger partial charge in [-0.2, -0.15) is 0 Å². The minimum atomic E-state index is -0.368. The van der Waals surface area contributed by atoms with Crippen molar-refractivity contribution in [3.05, 3.63) is 59.0 Å². The number of amides is 1. The molecule has 0 unspecified atom stereocenters. The van der Waals surface area contributed by atoms with Gasteiger partial charge in [-0.1, -0.05) is 24.3 Å². The van der Waals surface area contributed by atoms with E-state index in [2.05, 4.69) is 15.3 Å². The maximum absolute atomic E-state index is 13.3. The Morgan fingerprint density at radius 3 is 2.66 bits per heavy atom. The maximum atomic E-state index is 13.3. The zero-order valence-corrected chi connectivity index (χ0v) is 17.8. The molecule has 1 saturated heterocycles. The number of hydrogen-bond acceptors (Lipinski definition) is 6. The first-order chi connectivity index (χ1) is 15.7. The summed E-state index contributed by atoms with van der Waals surface area (Å²) in [6.45, 7) is 3.89. The van der Waals surface area contributed by atoms with Gasteiger partial charge in [0.25, 0.3) is 0 Å². The Bertz CT molecular complexity index is 1350. The van der Waals surface area contributed by atoms with Crippen LogP contribution in [0, 0.1) is 0 Å².